The lowest BCUT2D eigenvalue weighted by Crippen LogP contribution is -2.52. The number of nitrogens with one attached hydrogen (secondary N) is 1. The SMILES string of the molecule is CCc1ccccc1OCNC(=O)N1CCN(c2ncccn2)CC1. The van der Waals surface area contributed by atoms with Crippen molar-refractivity contribution in [2.75, 3.05) is 37.8 Å². The molecule has 1 aromatic heterocycles. The Kier molecular flexibility index (Phi) is 5.66. The van der Waals surface area contributed by atoms with Crippen molar-refractivity contribution in [2.45, 2.75) is 13.3 Å². The quantitative estimate of drug-likeness (QED) is 0.841. The monoisotopic (exact) mass is 341 g/mol. The summed E-state index contributed by atoms with van der Waals surface area (Å²) in [4.78, 5) is 24.6. The van der Waals surface area contributed by atoms with E-state index in [0.29, 0.717) is 19.0 Å². The van der Waals surface area contributed by atoms with Gasteiger partial charge in [0.2, 0.25) is 5.95 Å². The Labute approximate surface area is 147 Å². The summed E-state index contributed by atoms with van der Waals surface area (Å²) in [6.45, 7) is 4.95. The molecule has 1 aromatic carbocycles. The summed E-state index contributed by atoms with van der Waals surface area (Å²) in [6.07, 6.45) is 4.35. The molecule has 1 saturated heterocycles. The zero-order chi connectivity index (χ0) is 17.5. The molecule has 3 rings (SSSR count). The molecular formula is C18H23N5O2. The van der Waals surface area contributed by atoms with E-state index in [9.17, 15) is 4.79 Å². The fraction of sp³-hybridized carbons (Fsp3) is 0.389. The molecule has 132 valence electrons. The highest BCUT2D eigenvalue weighted by Gasteiger charge is 2.22. The fourth-order valence-corrected chi connectivity index (χ4v) is 2.79. The Morgan fingerprint density at radius 3 is 2.56 bits per heavy atom. The highest BCUT2D eigenvalue weighted by Crippen LogP contribution is 2.17. The van der Waals surface area contributed by atoms with Crippen molar-refractivity contribution in [3.8, 4) is 5.75 Å². The van der Waals surface area contributed by atoms with Crippen LogP contribution in [0.25, 0.3) is 0 Å². The average molecular weight is 341 g/mol. The summed E-state index contributed by atoms with van der Waals surface area (Å²) >= 11 is 0. The van der Waals surface area contributed by atoms with Crippen molar-refractivity contribution in [1.82, 2.24) is 20.2 Å². The summed E-state index contributed by atoms with van der Waals surface area (Å²) in [7, 11) is 0. The number of carbonyl (C=O) groups is 1. The first-order valence-corrected chi connectivity index (χ1v) is 8.53. The minimum atomic E-state index is -0.109. The summed E-state index contributed by atoms with van der Waals surface area (Å²) < 4.78 is 5.69. The number of aromatic nitrogens is 2. The van der Waals surface area contributed by atoms with Crippen LogP contribution >= 0.6 is 0 Å². The minimum Gasteiger partial charge on any atom is -0.473 e. The number of urea groups is 1. The summed E-state index contributed by atoms with van der Waals surface area (Å²) in [5.41, 5.74) is 1.13. The lowest BCUT2D eigenvalue weighted by molar-refractivity contribution is 0.181. The first-order chi connectivity index (χ1) is 12.3. The van der Waals surface area contributed by atoms with E-state index in [1.54, 1.807) is 23.4 Å². The molecule has 0 aliphatic carbocycles. The van der Waals surface area contributed by atoms with Crippen molar-refractivity contribution in [3.63, 3.8) is 0 Å². The fourth-order valence-electron chi connectivity index (χ4n) is 2.79. The number of rotatable bonds is 5. The van der Waals surface area contributed by atoms with Gasteiger partial charge < -0.3 is 19.9 Å². The van der Waals surface area contributed by atoms with E-state index in [2.05, 4.69) is 27.1 Å². The van der Waals surface area contributed by atoms with Crippen LogP contribution in [0.2, 0.25) is 0 Å². The van der Waals surface area contributed by atoms with Crippen LogP contribution in [0, 0.1) is 0 Å². The number of aryl methyl sites for hydroxylation is 1. The number of nitrogens with zero attached hydrogens (tertiary/aromatic N) is 4. The summed E-state index contributed by atoms with van der Waals surface area (Å²) in [6, 6.07) is 9.55. The van der Waals surface area contributed by atoms with Gasteiger partial charge in [0.15, 0.2) is 6.73 Å². The van der Waals surface area contributed by atoms with Gasteiger partial charge in [0.05, 0.1) is 0 Å². The zero-order valence-electron chi connectivity index (χ0n) is 14.4. The second kappa shape index (κ2) is 8.32. The van der Waals surface area contributed by atoms with Crippen molar-refractivity contribution < 1.29 is 9.53 Å². The second-order valence-corrected chi connectivity index (χ2v) is 5.75. The molecule has 2 aromatic rings. The van der Waals surface area contributed by atoms with Crippen LogP contribution in [0.1, 0.15) is 12.5 Å². The number of hydrogen-bond acceptors (Lipinski definition) is 5. The first kappa shape index (κ1) is 17.0. The van der Waals surface area contributed by atoms with Crippen LogP contribution in [0.5, 0.6) is 5.75 Å². The highest BCUT2D eigenvalue weighted by atomic mass is 16.5. The van der Waals surface area contributed by atoms with E-state index in [0.717, 1.165) is 30.8 Å². The Morgan fingerprint density at radius 2 is 1.84 bits per heavy atom. The lowest BCUT2D eigenvalue weighted by atomic mass is 10.1. The first-order valence-electron chi connectivity index (χ1n) is 8.53. The number of anilines is 1. The summed E-state index contributed by atoms with van der Waals surface area (Å²) in [5, 5.41) is 2.82. The molecule has 0 radical (unpaired) electrons. The average Bonchev–Trinajstić information content (AvgIpc) is 2.69. The molecular weight excluding hydrogens is 318 g/mol. The van der Waals surface area contributed by atoms with E-state index in [1.165, 1.54) is 0 Å². The van der Waals surface area contributed by atoms with Crippen LogP contribution < -0.4 is 15.0 Å². The molecule has 2 amide bonds. The van der Waals surface area contributed by atoms with Crippen LogP contribution in [-0.4, -0.2) is 53.8 Å². The molecule has 0 unspecified atom stereocenters. The largest absolute Gasteiger partial charge is 0.473 e. The number of para-hydroxylation sites is 1. The van der Waals surface area contributed by atoms with Crippen molar-refractivity contribution in [3.05, 3.63) is 48.3 Å². The Morgan fingerprint density at radius 1 is 1.12 bits per heavy atom. The zero-order valence-corrected chi connectivity index (χ0v) is 14.4. The standard InChI is InChI=1S/C18H23N5O2/c1-2-15-6-3-4-7-16(15)25-14-21-18(24)23-12-10-22(11-13-23)17-19-8-5-9-20-17/h3-9H,2,10-14H2,1H3,(H,21,24). The van der Waals surface area contributed by atoms with E-state index >= 15 is 0 Å². The van der Waals surface area contributed by atoms with Gasteiger partial charge in [-0.05, 0) is 24.1 Å². The number of amides is 2. The predicted molar refractivity (Wildman–Crippen MR) is 95.7 cm³/mol. The third kappa shape index (κ3) is 4.37. The molecule has 1 N–H and O–H groups in total. The van der Waals surface area contributed by atoms with Crippen LogP contribution in [-0.2, 0) is 6.42 Å². The molecule has 1 aliphatic rings. The molecule has 2 heterocycles. The van der Waals surface area contributed by atoms with Crippen molar-refractivity contribution >= 4 is 12.0 Å². The van der Waals surface area contributed by atoms with E-state index in [4.69, 9.17) is 4.74 Å². The van der Waals surface area contributed by atoms with Gasteiger partial charge in [-0.2, -0.15) is 0 Å². The maximum Gasteiger partial charge on any atom is 0.320 e. The molecule has 0 bridgehead atoms. The second-order valence-electron chi connectivity index (χ2n) is 5.75. The maximum atomic E-state index is 12.3. The van der Waals surface area contributed by atoms with E-state index in [1.807, 2.05) is 24.3 Å². The smallest absolute Gasteiger partial charge is 0.320 e. The van der Waals surface area contributed by atoms with Gasteiger partial charge in [0, 0.05) is 38.6 Å². The van der Waals surface area contributed by atoms with E-state index in [-0.39, 0.29) is 12.8 Å². The summed E-state index contributed by atoms with van der Waals surface area (Å²) in [5.74, 6) is 1.53. The maximum absolute atomic E-state index is 12.3. The molecule has 1 aliphatic heterocycles. The Balaban J connectivity index is 1.44. The number of hydrogen-bond donors (Lipinski definition) is 1. The van der Waals surface area contributed by atoms with Gasteiger partial charge in [0.25, 0.3) is 0 Å². The number of benzene rings is 1. The molecule has 0 atom stereocenters. The highest BCUT2D eigenvalue weighted by molar-refractivity contribution is 5.74. The normalized spacial score (nSPS) is 14.3. The van der Waals surface area contributed by atoms with Crippen LogP contribution in [0.15, 0.2) is 42.7 Å². The molecule has 7 heteroatoms. The topological polar surface area (TPSA) is 70.6 Å². The van der Waals surface area contributed by atoms with Gasteiger partial charge >= 0.3 is 6.03 Å². The Bertz CT molecular complexity index is 687. The number of ether oxygens (including phenoxy) is 1. The van der Waals surface area contributed by atoms with Crippen LogP contribution in [0.4, 0.5) is 10.7 Å². The van der Waals surface area contributed by atoms with Gasteiger partial charge in [-0.1, -0.05) is 25.1 Å². The van der Waals surface area contributed by atoms with Crippen LogP contribution in [0.3, 0.4) is 0 Å². The van der Waals surface area contributed by atoms with E-state index < -0.39 is 0 Å². The lowest BCUT2D eigenvalue weighted by Gasteiger charge is -2.34. The number of carbonyl (C=O) groups excluding carboxylic acids is 1. The van der Waals surface area contributed by atoms with Crippen molar-refractivity contribution in [2.24, 2.45) is 0 Å². The van der Waals surface area contributed by atoms with Gasteiger partial charge in [0.1, 0.15) is 5.75 Å². The minimum absolute atomic E-state index is 0.109. The third-order valence-corrected chi connectivity index (χ3v) is 4.21. The Hall–Kier alpha value is -2.83. The van der Waals surface area contributed by atoms with Gasteiger partial charge in [-0.25, -0.2) is 14.8 Å². The molecule has 7 nitrogen and oxygen atoms in total. The third-order valence-electron chi connectivity index (χ3n) is 4.21. The molecule has 0 saturated carbocycles. The van der Waals surface area contributed by atoms with Crippen molar-refractivity contribution in [1.29, 1.82) is 0 Å². The molecule has 0 spiro atoms. The molecule has 25 heavy (non-hydrogen) atoms. The molecule has 1 fully saturated rings. The number of piperazine rings is 1. The van der Waals surface area contributed by atoms with Gasteiger partial charge in [-0.3, -0.25) is 0 Å². The van der Waals surface area contributed by atoms with Gasteiger partial charge in [-0.15, -0.1) is 0 Å². The predicted octanol–water partition coefficient (Wildman–Crippen LogP) is 1.91.